The number of hydrogen-bond donors (Lipinski definition) is 2. The second kappa shape index (κ2) is 8.35. The molecule has 0 aliphatic heterocycles. The van der Waals surface area contributed by atoms with Crippen LogP contribution in [0.25, 0.3) is 0 Å². The van der Waals surface area contributed by atoms with Gasteiger partial charge in [-0.3, -0.25) is 0 Å². The van der Waals surface area contributed by atoms with Crippen molar-refractivity contribution in [3.05, 3.63) is 35.6 Å². The largest absolute Gasteiger partial charge is 0.395 e. The van der Waals surface area contributed by atoms with Crippen molar-refractivity contribution in [2.75, 3.05) is 26.4 Å². The highest BCUT2D eigenvalue weighted by Gasteiger charge is 2.29. The fourth-order valence-corrected chi connectivity index (χ4v) is 2.09. The number of rotatable bonds is 9. The van der Waals surface area contributed by atoms with E-state index >= 15 is 0 Å². The highest BCUT2D eigenvalue weighted by molar-refractivity contribution is 5.26. The van der Waals surface area contributed by atoms with Crippen molar-refractivity contribution in [3.8, 4) is 0 Å². The molecule has 0 fully saturated rings. The normalized spacial score (nSPS) is 14.5. The Morgan fingerprint density at radius 2 is 1.90 bits per heavy atom. The lowest BCUT2D eigenvalue weighted by atomic mass is 9.78. The molecule has 1 rings (SSSR count). The van der Waals surface area contributed by atoms with Gasteiger partial charge in [0.1, 0.15) is 5.82 Å². The van der Waals surface area contributed by atoms with E-state index in [2.05, 4.69) is 13.8 Å². The fourth-order valence-electron chi connectivity index (χ4n) is 2.09. The van der Waals surface area contributed by atoms with Crippen LogP contribution in [0.2, 0.25) is 0 Å². The van der Waals surface area contributed by atoms with Crippen LogP contribution in [0.5, 0.6) is 0 Å². The predicted octanol–water partition coefficient (Wildman–Crippen LogP) is 2.47. The Kier molecular flexibility index (Phi) is 7.13. The molecule has 0 aromatic heterocycles. The van der Waals surface area contributed by atoms with Gasteiger partial charge in [0.2, 0.25) is 0 Å². The Labute approximate surface area is 120 Å². The van der Waals surface area contributed by atoms with Crippen molar-refractivity contribution in [2.24, 2.45) is 11.7 Å². The Morgan fingerprint density at radius 3 is 2.40 bits per heavy atom. The molecule has 0 saturated carbocycles. The van der Waals surface area contributed by atoms with Gasteiger partial charge >= 0.3 is 0 Å². The van der Waals surface area contributed by atoms with Crippen LogP contribution in [0, 0.1) is 11.7 Å². The Balaban J connectivity index is 2.60. The van der Waals surface area contributed by atoms with Gasteiger partial charge in [-0.2, -0.15) is 0 Å². The van der Waals surface area contributed by atoms with Gasteiger partial charge in [0, 0.05) is 25.2 Å². The molecule has 0 amide bonds. The van der Waals surface area contributed by atoms with Crippen LogP contribution in [0.15, 0.2) is 24.3 Å². The lowest BCUT2D eigenvalue weighted by Crippen LogP contribution is -2.40. The smallest absolute Gasteiger partial charge is 0.123 e. The van der Waals surface area contributed by atoms with Gasteiger partial charge < -0.3 is 15.6 Å². The number of benzene rings is 1. The van der Waals surface area contributed by atoms with Gasteiger partial charge in [-0.25, -0.2) is 4.39 Å². The first-order valence-electron chi connectivity index (χ1n) is 7.19. The molecule has 0 radical (unpaired) electrons. The van der Waals surface area contributed by atoms with Crippen molar-refractivity contribution in [1.82, 2.24) is 0 Å². The van der Waals surface area contributed by atoms with Crippen LogP contribution < -0.4 is 5.73 Å². The summed E-state index contributed by atoms with van der Waals surface area (Å²) in [6.45, 7) is 5.81. The molecule has 114 valence electrons. The molecule has 1 unspecified atom stereocenters. The number of halogens is 1. The minimum absolute atomic E-state index is 0.0668. The van der Waals surface area contributed by atoms with Crippen molar-refractivity contribution in [3.63, 3.8) is 0 Å². The van der Waals surface area contributed by atoms with E-state index < -0.39 is 5.41 Å². The van der Waals surface area contributed by atoms with E-state index in [1.807, 2.05) is 0 Å². The Bertz CT molecular complexity index is 375. The molecule has 0 aliphatic carbocycles. The van der Waals surface area contributed by atoms with Crippen LogP contribution in [0.3, 0.4) is 0 Å². The zero-order valence-corrected chi connectivity index (χ0v) is 12.4. The van der Waals surface area contributed by atoms with E-state index in [4.69, 9.17) is 10.5 Å². The first-order valence-corrected chi connectivity index (χ1v) is 7.19. The third-order valence-electron chi connectivity index (χ3n) is 3.71. The van der Waals surface area contributed by atoms with E-state index in [9.17, 15) is 9.50 Å². The summed E-state index contributed by atoms with van der Waals surface area (Å²) >= 11 is 0. The van der Waals surface area contributed by atoms with E-state index in [0.717, 1.165) is 12.0 Å². The molecule has 4 heteroatoms. The summed E-state index contributed by atoms with van der Waals surface area (Å²) in [5.41, 5.74) is 6.15. The SMILES string of the molecule is CC(C)CCOCCC(CN)(CO)c1ccc(F)cc1. The van der Waals surface area contributed by atoms with Gasteiger partial charge in [-0.1, -0.05) is 26.0 Å². The summed E-state index contributed by atoms with van der Waals surface area (Å²) in [5, 5.41) is 9.71. The molecular formula is C16H26FNO2. The number of aliphatic hydroxyl groups excluding tert-OH is 1. The highest BCUT2D eigenvalue weighted by atomic mass is 19.1. The second-order valence-corrected chi connectivity index (χ2v) is 5.69. The van der Waals surface area contributed by atoms with Crippen LogP contribution in [-0.2, 0) is 10.2 Å². The second-order valence-electron chi connectivity index (χ2n) is 5.69. The highest BCUT2D eigenvalue weighted by Crippen LogP contribution is 2.27. The molecule has 0 spiro atoms. The Morgan fingerprint density at radius 1 is 1.25 bits per heavy atom. The van der Waals surface area contributed by atoms with Crippen molar-refractivity contribution in [1.29, 1.82) is 0 Å². The zero-order valence-electron chi connectivity index (χ0n) is 12.4. The maximum atomic E-state index is 13.0. The van der Waals surface area contributed by atoms with E-state index in [1.165, 1.54) is 12.1 Å². The molecule has 0 bridgehead atoms. The standard InChI is InChI=1S/C16H26FNO2/c1-13(2)7-9-20-10-8-16(11-18,12-19)14-3-5-15(17)6-4-14/h3-6,13,19H,7-12,18H2,1-2H3. The summed E-state index contributed by atoms with van der Waals surface area (Å²) in [5.74, 6) is 0.329. The molecule has 0 saturated heterocycles. The number of aliphatic hydroxyl groups is 1. The molecule has 1 aromatic rings. The topological polar surface area (TPSA) is 55.5 Å². The number of nitrogens with two attached hydrogens (primary N) is 1. The molecule has 1 aromatic carbocycles. The number of ether oxygens (including phenoxy) is 1. The lowest BCUT2D eigenvalue weighted by molar-refractivity contribution is 0.0884. The van der Waals surface area contributed by atoms with Crippen LogP contribution in [0.4, 0.5) is 4.39 Å². The summed E-state index contributed by atoms with van der Waals surface area (Å²) in [6, 6.07) is 6.17. The van der Waals surface area contributed by atoms with Gasteiger partial charge in [0.15, 0.2) is 0 Å². The monoisotopic (exact) mass is 283 g/mol. The third kappa shape index (κ3) is 4.85. The van der Waals surface area contributed by atoms with E-state index in [0.29, 0.717) is 32.1 Å². The number of hydrogen-bond acceptors (Lipinski definition) is 3. The molecule has 3 nitrogen and oxygen atoms in total. The summed E-state index contributed by atoms with van der Waals surface area (Å²) in [6.07, 6.45) is 1.65. The predicted molar refractivity (Wildman–Crippen MR) is 79.1 cm³/mol. The molecular weight excluding hydrogens is 257 g/mol. The molecule has 0 heterocycles. The van der Waals surface area contributed by atoms with Crippen molar-refractivity contribution >= 4 is 0 Å². The lowest BCUT2D eigenvalue weighted by Gasteiger charge is -2.31. The first-order chi connectivity index (χ1) is 9.54. The van der Waals surface area contributed by atoms with Crippen molar-refractivity contribution < 1.29 is 14.2 Å². The average molecular weight is 283 g/mol. The minimum atomic E-state index is -0.550. The fraction of sp³-hybridized carbons (Fsp3) is 0.625. The van der Waals surface area contributed by atoms with Crippen LogP contribution in [-0.4, -0.2) is 31.5 Å². The van der Waals surface area contributed by atoms with Gasteiger partial charge in [-0.05, 0) is 36.5 Å². The van der Waals surface area contributed by atoms with Gasteiger partial charge in [0.05, 0.1) is 6.61 Å². The molecule has 1 atom stereocenters. The maximum Gasteiger partial charge on any atom is 0.123 e. The summed E-state index contributed by atoms with van der Waals surface area (Å²) in [4.78, 5) is 0. The maximum absolute atomic E-state index is 13.0. The van der Waals surface area contributed by atoms with Crippen LogP contribution >= 0.6 is 0 Å². The van der Waals surface area contributed by atoms with E-state index in [-0.39, 0.29) is 12.4 Å². The zero-order chi connectivity index (χ0) is 15.0. The van der Waals surface area contributed by atoms with E-state index in [1.54, 1.807) is 12.1 Å². The molecule has 0 aliphatic rings. The average Bonchev–Trinajstić information content (AvgIpc) is 2.44. The Hall–Kier alpha value is -0.970. The molecule has 20 heavy (non-hydrogen) atoms. The van der Waals surface area contributed by atoms with Crippen LogP contribution in [0.1, 0.15) is 32.3 Å². The third-order valence-corrected chi connectivity index (χ3v) is 3.71. The summed E-state index contributed by atoms with van der Waals surface area (Å²) < 4.78 is 18.6. The summed E-state index contributed by atoms with van der Waals surface area (Å²) in [7, 11) is 0. The van der Waals surface area contributed by atoms with Crippen molar-refractivity contribution in [2.45, 2.75) is 32.1 Å². The van der Waals surface area contributed by atoms with Gasteiger partial charge in [0.25, 0.3) is 0 Å². The first kappa shape index (κ1) is 17.1. The molecule has 3 N–H and O–H groups in total. The van der Waals surface area contributed by atoms with Gasteiger partial charge in [-0.15, -0.1) is 0 Å². The quantitative estimate of drug-likeness (QED) is 0.685. The minimum Gasteiger partial charge on any atom is -0.395 e.